The molecule has 2 aromatic rings. The Morgan fingerprint density at radius 3 is 2.19 bits per heavy atom. The summed E-state index contributed by atoms with van der Waals surface area (Å²) in [5.74, 6) is 0. The van der Waals surface area contributed by atoms with Crippen LogP contribution in [0.5, 0.6) is 0 Å². The van der Waals surface area contributed by atoms with Gasteiger partial charge < -0.3 is 10.6 Å². The molecule has 0 bridgehead atoms. The zero-order valence-electron chi connectivity index (χ0n) is 13.2. The van der Waals surface area contributed by atoms with Crippen molar-refractivity contribution in [1.82, 2.24) is 4.98 Å². The molecule has 0 unspecified atom stereocenters. The fourth-order valence-corrected chi connectivity index (χ4v) is 2.80. The van der Waals surface area contributed by atoms with Gasteiger partial charge in [-0.05, 0) is 15.9 Å². The topological polar surface area (TPSA) is 147 Å². The highest BCUT2D eigenvalue weighted by atomic mass is 79.9. The smallest absolute Gasteiger partial charge is 0.306 e. The maximum atomic E-state index is 10.5. The zero-order chi connectivity index (χ0) is 20.0. The van der Waals surface area contributed by atoms with E-state index in [1.807, 2.05) is 0 Å². The van der Waals surface area contributed by atoms with Gasteiger partial charge in [0, 0.05) is 34.8 Å². The molecule has 26 heavy (non-hydrogen) atoms. The van der Waals surface area contributed by atoms with Crippen molar-refractivity contribution < 1.29 is 19.8 Å². The van der Waals surface area contributed by atoms with Crippen molar-refractivity contribution in [3.63, 3.8) is 0 Å². The van der Waals surface area contributed by atoms with Crippen LogP contribution < -0.4 is 15.4 Å². The average molecular weight is 516 g/mol. The minimum atomic E-state index is -0.531. The summed E-state index contributed by atoms with van der Waals surface area (Å²) < 4.78 is 1.31. The van der Waals surface area contributed by atoms with Gasteiger partial charge in [0.05, 0.1) is 15.9 Å². The lowest BCUT2D eigenvalue weighted by atomic mass is 10.3. The molecule has 0 atom stereocenters. The first-order chi connectivity index (χ1) is 12.1. The number of halogens is 3. The van der Waals surface area contributed by atoms with Gasteiger partial charge in [-0.1, -0.05) is 11.6 Å². The van der Waals surface area contributed by atoms with Gasteiger partial charge in [0.15, 0.2) is 16.5 Å². The molecule has 0 aliphatic rings. The van der Waals surface area contributed by atoms with Gasteiger partial charge in [0.25, 0.3) is 11.9 Å². The van der Waals surface area contributed by atoms with Crippen LogP contribution in [-0.2, 0) is 0 Å². The number of aromatic nitrogens is 2. The van der Waals surface area contributed by atoms with Gasteiger partial charge in [-0.15, -0.1) is 0 Å². The molecule has 2 aromatic heterocycles. The Bertz CT molecular complexity index is 853. The number of hydrogen-bond acceptors (Lipinski definition) is 8. The van der Waals surface area contributed by atoms with Crippen LogP contribution in [-0.4, -0.2) is 34.1 Å². The van der Waals surface area contributed by atoms with E-state index in [9.17, 15) is 20.2 Å². The van der Waals surface area contributed by atoms with Crippen molar-refractivity contribution >= 4 is 66.2 Å². The van der Waals surface area contributed by atoms with Crippen LogP contribution in [0.4, 0.5) is 22.7 Å². The third kappa shape index (κ3) is 5.37. The van der Waals surface area contributed by atoms with Crippen LogP contribution in [0.1, 0.15) is 0 Å². The highest BCUT2D eigenvalue weighted by Crippen LogP contribution is 2.32. The van der Waals surface area contributed by atoms with Crippen LogP contribution in [0.25, 0.3) is 0 Å². The molecular weight excluding hydrogens is 503 g/mol. The summed E-state index contributed by atoms with van der Waals surface area (Å²) in [6.45, 7) is 0. The van der Waals surface area contributed by atoms with Crippen LogP contribution in [0.2, 0.25) is 5.15 Å². The standard InChI is InChI=1S/C6H5BrClN3O2.C6H7BrN3O3/c1-9-5-3(11(12)13)2-4(7)10-6(5)8;1-8-4-3-9(11)6(7)2-5(4)10(12)13/h2,9H,1H3;2-3,8,11H,1H3/q;+1. The van der Waals surface area contributed by atoms with E-state index in [1.54, 1.807) is 7.05 Å². The van der Waals surface area contributed by atoms with Crippen molar-refractivity contribution in [2.75, 3.05) is 24.7 Å². The van der Waals surface area contributed by atoms with Crippen molar-refractivity contribution in [2.45, 2.75) is 0 Å². The zero-order valence-corrected chi connectivity index (χ0v) is 17.2. The molecular formula is C12H12Br2ClN6O5+. The van der Waals surface area contributed by atoms with Gasteiger partial charge in [-0.25, -0.2) is 4.98 Å². The minimum absolute atomic E-state index is 0.0728. The van der Waals surface area contributed by atoms with Crippen LogP contribution >= 0.6 is 43.5 Å². The lowest BCUT2D eigenvalue weighted by Crippen LogP contribution is -2.31. The maximum Gasteiger partial charge on any atom is 0.306 e. The van der Waals surface area contributed by atoms with Gasteiger partial charge in [0.2, 0.25) is 0 Å². The average Bonchev–Trinajstić information content (AvgIpc) is 2.56. The molecule has 14 heteroatoms. The molecule has 3 N–H and O–H groups in total. The molecule has 0 aliphatic carbocycles. The predicted octanol–water partition coefficient (Wildman–Crippen LogP) is 3.37. The second-order valence-electron chi connectivity index (χ2n) is 4.38. The van der Waals surface area contributed by atoms with Crippen molar-refractivity contribution in [3.8, 4) is 0 Å². The molecule has 140 valence electrons. The molecule has 0 saturated heterocycles. The summed E-state index contributed by atoms with van der Waals surface area (Å²) in [7, 11) is 3.08. The molecule has 0 aromatic carbocycles. The Morgan fingerprint density at radius 2 is 1.73 bits per heavy atom. The number of nitrogens with zero attached hydrogens (tertiary/aromatic N) is 4. The summed E-state index contributed by atoms with van der Waals surface area (Å²) >= 11 is 11.6. The number of nitro groups is 2. The van der Waals surface area contributed by atoms with Gasteiger partial charge in [-0.2, -0.15) is 0 Å². The van der Waals surface area contributed by atoms with Crippen LogP contribution in [0.15, 0.2) is 27.5 Å². The fourth-order valence-electron chi connectivity index (χ4n) is 1.70. The summed E-state index contributed by atoms with van der Waals surface area (Å²) in [6.07, 6.45) is 1.21. The molecule has 2 heterocycles. The first-order valence-electron chi connectivity index (χ1n) is 6.57. The number of anilines is 2. The molecule has 0 fully saturated rings. The lowest BCUT2D eigenvalue weighted by Gasteiger charge is -2.03. The largest absolute Gasteiger partial charge is 0.380 e. The maximum absolute atomic E-state index is 10.5. The summed E-state index contributed by atoms with van der Waals surface area (Å²) in [4.78, 5) is 23.8. The van der Waals surface area contributed by atoms with Crippen molar-refractivity contribution in [1.29, 1.82) is 0 Å². The highest BCUT2D eigenvalue weighted by Gasteiger charge is 2.21. The number of pyridine rings is 2. The Hall–Kier alpha value is -2.25. The number of hydrogen-bond donors (Lipinski definition) is 3. The highest BCUT2D eigenvalue weighted by molar-refractivity contribution is 9.10. The third-order valence-corrected chi connectivity index (χ3v) is 4.11. The quantitative estimate of drug-likeness (QED) is 0.185. The fraction of sp³-hybridized carbons (Fsp3) is 0.167. The van der Waals surface area contributed by atoms with Crippen molar-refractivity contribution in [3.05, 3.63) is 52.9 Å². The van der Waals surface area contributed by atoms with E-state index < -0.39 is 9.85 Å². The van der Waals surface area contributed by atoms with Crippen LogP contribution in [0, 0.1) is 20.2 Å². The monoisotopic (exact) mass is 513 g/mol. The Labute approximate surface area is 168 Å². The van der Waals surface area contributed by atoms with E-state index in [0.29, 0.717) is 4.60 Å². The first kappa shape index (κ1) is 21.8. The van der Waals surface area contributed by atoms with E-state index in [0.717, 1.165) is 4.73 Å². The first-order valence-corrected chi connectivity index (χ1v) is 8.53. The predicted molar refractivity (Wildman–Crippen MR) is 101 cm³/mol. The second kappa shape index (κ2) is 9.45. The molecule has 0 amide bonds. The molecule has 0 saturated carbocycles. The SMILES string of the molecule is CNc1c([N+](=O)[O-])cc(Br)nc1Cl.CNc1c[n+](O)c(Br)cc1[N+](=O)[O-]. The van der Waals surface area contributed by atoms with E-state index in [2.05, 4.69) is 47.5 Å². The molecule has 0 spiro atoms. The van der Waals surface area contributed by atoms with Gasteiger partial charge in [0.1, 0.15) is 10.7 Å². The summed E-state index contributed by atoms with van der Waals surface area (Å²) in [5.41, 5.74) is 0.264. The number of rotatable bonds is 4. The minimum Gasteiger partial charge on any atom is -0.380 e. The molecule has 11 nitrogen and oxygen atoms in total. The molecule has 2 rings (SSSR count). The lowest BCUT2D eigenvalue weighted by molar-refractivity contribution is -0.912. The summed E-state index contributed by atoms with van der Waals surface area (Å²) in [5, 5.41) is 35.5. The van der Waals surface area contributed by atoms with Gasteiger partial charge in [-0.3, -0.25) is 25.4 Å². The summed E-state index contributed by atoms with van der Waals surface area (Å²) in [6, 6.07) is 2.50. The second-order valence-corrected chi connectivity index (χ2v) is 6.37. The van der Waals surface area contributed by atoms with E-state index in [1.165, 1.54) is 25.4 Å². The third-order valence-electron chi connectivity index (χ3n) is 2.84. The van der Waals surface area contributed by atoms with Crippen molar-refractivity contribution in [2.24, 2.45) is 0 Å². The Morgan fingerprint density at radius 1 is 1.15 bits per heavy atom. The Balaban J connectivity index is 0.000000260. The number of nitrogens with one attached hydrogen (secondary N) is 2. The van der Waals surface area contributed by atoms with E-state index >= 15 is 0 Å². The molecule has 0 aliphatic heterocycles. The van der Waals surface area contributed by atoms with E-state index in [4.69, 9.17) is 16.8 Å². The normalized spacial score (nSPS) is 9.73. The van der Waals surface area contributed by atoms with Crippen LogP contribution in [0.3, 0.4) is 0 Å². The Kier molecular flexibility index (Phi) is 7.92. The molecule has 0 radical (unpaired) electrons. The van der Waals surface area contributed by atoms with E-state index in [-0.39, 0.29) is 32.5 Å². The van der Waals surface area contributed by atoms with Gasteiger partial charge >= 0.3 is 10.3 Å².